The predicted molar refractivity (Wildman–Crippen MR) is 44.9 cm³/mol. The third-order valence-electron chi connectivity index (χ3n) is 2.08. The fraction of sp³-hybridized carbons (Fsp3) is 0.667. The van der Waals surface area contributed by atoms with E-state index in [0.29, 0.717) is 13.0 Å². The number of aliphatic carboxylic acids is 1. The molecule has 0 aromatic carbocycles. The largest absolute Gasteiger partial charge is 0.481 e. The van der Waals surface area contributed by atoms with Gasteiger partial charge in [0.2, 0.25) is 0 Å². The van der Waals surface area contributed by atoms with Gasteiger partial charge in [-0.1, -0.05) is 12.2 Å². The SMILES string of the molecule is CC=CC(C)(CC1CO1)C(=O)O. The van der Waals surface area contributed by atoms with Crippen molar-refractivity contribution in [1.82, 2.24) is 0 Å². The van der Waals surface area contributed by atoms with E-state index >= 15 is 0 Å². The molecule has 1 aliphatic heterocycles. The highest BCUT2D eigenvalue weighted by Crippen LogP contribution is 2.31. The summed E-state index contributed by atoms with van der Waals surface area (Å²) in [5.74, 6) is -0.781. The van der Waals surface area contributed by atoms with Crippen LogP contribution in [0.2, 0.25) is 0 Å². The van der Waals surface area contributed by atoms with Gasteiger partial charge in [0.1, 0.15) is 0 Å². The lowest BCUT2D eigenvalue weighted by Crippen LogP contribution is -2.26. The molecular weight excluding hydrogens is 156 g/mol. The van der Waals surface area contributed by atoms with Crippen molar-refractivity contribution >= 4 is 5.97 Å². The molecule has 1 N–H and O–H groups in total. The van der Waals surface area contributed by atoms with E-state index in [4.69, 9.17) is 9.84 Å². The summed E-state index contributed by atoms with van der Waals surface area (Å²) in [5, 5.41) is 8.93. The molecule has 0 bridgehead atoms. The van der Waals surface area contributed by atoms with E-state index < -0.39 is 11.4 Å². The quantitative estimate of drug-likeness (QED) is 0.513. The Balaban J connectivity index is 2.62. The molecule has 1 fully saturated rings. The molecule has 0 amide bonds. The minimum absolute atomic E-state index is 0.155. The molecule has 1 aliphatic rings. The van der Waals surface area contributed by atoms with Crippen LogP contribution in [-0.4, -0.2) is 23.8 Å². The average Bonchev–Trinajstić information content (AvgIpc) is 2.71. The molecule has 0 radical (unpaired) electrons. The van der Waals surface area contributed by atoms with Gasteiger partial charge < -0.3 is 9.84 Å². The number of rotatable bonds is 4. The van der Waals surface area contributed by atoms with Gasteiger partial charge >= 0.3 is 5.97 Å². The summed E-state index contributed by atoms with van der Waals surface area (Å²) < 4.78 is 5.00. The van der Waals surface area contributed by atoms with Crippen molar-refractivity contribution in [2.75, 3.05) is 6.61 Å². The van der Waals surface area contributed by atoms with Gasteiger partial charge in [0, 0.05) is 0 Å². The van der Waals surface area contributed by atoms with E-state index in [1.165, 1.54) is 0 Å². The molecule has 1 saturated heterocycles. The normalized spacial score (nSPS) is 27.0. The molecule has 3 heteroatoms. The highest BCUT2D eigenvalue weighted by Gasteiger charge is 2.37. The Bertz CT molecular complexity index is 206. The molecule has 12 heavy (non-hydrogen) atoms. The molecule has 3 nitrogen and oxygen atoms in total. The Morgan fingerprint density at radius 1 is 1.83 bits per heavy atom. The van der Waals surface area contributed by atoms with Crippen molar-refractivity contribution in [3.05, 3.63) is 12.2 Å². The summed E-state index contributed by atoms with van der Waals surface area (Å²) in [5.41, 5.74) is -0.754. The molecule has 0 aromatic rings. The van der Waals surface area contributed by atoms with Gasteiger partial charge in [-0.15, -0.1) is 0 Å². The second kappa shape index (κ2) is 3.27. The summed E-state index contributed by atoms with van der Waals surface area (Å²) in [6.07, 6.45) is 4.22. The van der Waals surface area contributed by atoms with Gasteiger partial charge in [0.25, 0.3) is 0 Å². The summed E-state index contributed by atoms with van der Waals surface area (Å²) in [6.45, 7) is 4.26. The van der Waals surface area contributed by atoms with Gasteiger partial charge in [0.05, 0.1) is 18.1 Å². The fourth-order valence-corrected chi connectivity index (χ4v) is 1.25. The lowest BCUT2D eigenvalue weighted by molar-refractivity contribution is -0.145. The van der Waals surface area contributed by atoms with Gasteiger partial charge in [-0.2, -0.15) is 0 Å². The summed E-state index contributed by atoms with van der Waals surface area (Å²) in [6, 6.07) is 0. The van der Waals surface area contributed by atoms with Crippen molar-refractivity contribution in [3.63, 3.8) is 0 Å². The van der Waals surface area contributed by atoms with E-state index in [2.05, 4.69) is 0 Å². The first kappa shape index (κ1) is 9.26. The first-order valence-corrected chi connectivity index (χ1v) is 4.07. The van der Waals surface area contributed by atoms with Crippen molar-refractivity contribution in [2.45, 2.75) is 26.4 Å². The Morgan fingerprint density at radius 3 is 2.75 bits per heavy atom. The van der Waals surface area contributed by atoms with Crippen LogP contribution in [0, 0.1) is 5.41 Å². The number of carboxylic acids is 1. The number of carbonyl (C=O) groups is 1. The van der Waals surface area contributed by atoms with Crippen molar-refractivity contribution in [1.29, 1.82) is 0 Å². The van der Waals surface area contributed by atoms with Crippen molar-refractivity contribution in [3.8, 4) is 0 Å². The molecule has 1 heterocycles. The maximum absolute atomic E-state index is 10.9. The Hall–Kier alpha value is -0.830. The Morgan fingerprint density at radius 2 is 2.42 bits per heavy atom. The first-order chi connectivity index (χ1) is 5.58. The maximum atomic E-state index is 10.9. The number of epoxide rings is 1. The monoisotopic (exact) mass is 170 g/mol. The van der Waals surface area contributed by atoms with Gasteiger partial charge in [0.15, 0.2) is 0 Å². The Labute approximate surface area is 72.0 Å². The molecule has 0 aromatic heterocycles. The average molecular weight is 170 g/mol. The fourth-order valence-electron chi connectivity index (χ4n) is 1.25. The summed E-state index contributed by atoms with van der Waals surface area (Å²) >= 11 is 0. The summed E-state index contributed by atoms with van der Waals surface area (Å²) in [7, 11) is 0. The first-order valence-electron chi connectivity index (χ1n) is 4.07. The third-order valence-corrected chi connectivity index (χ3v) is 2.08. The van der Waals surface area contributed by atoms with Crippen LogP contribution >= 0.6 is 0 Å². The molecule has 2 atom stereocenters. The van der Waals surface area contributed by atoms with Crippen LogP contribution in [0.4, 0.5) is 0 Å². The topological polar surface area (TPSA) is 49.8 Å². The van der Waals surface area contributed by atoms with Gasteiger partial charge in [-0.05, 0) is 20.3 Å². The van der Waals surface area contributed by atoms with Crippen molar-refractivity contribution < 1.29 is 14.6 Å². The molecule has 68 valence electrons. The van der Waals surface area contributed by atoms with Crippen LogP contribution in [-0.2, 0) is 9.53 Å². The van der Waals surface area contributed by atoms with E-state index in [-0.39, 0.29) is 6.10 Å². The van der Waals surface area contributed by atoms with E-state index in [9.17, 15) is 4.79 Å². The minimum atomic E-state index is -0.781. The minimum Gasteiger partial charge on any atom is -0.481 e. The zero-order chi connectivity index (χ0) is 9.19. The third kappa shape index (κ3) is 2.08. The van der Waals surface area contributed by atoms with Crippen molar-refractivity contribution in [2.24, 2.45) is 5.41 Å². The lowest BCUT2D eigenvalue weighted by Gasteiger charge is -2.18. The van der Waals surface area contributed by atoms with Gasteiger partial charge in [-0.25, -0.2) is 0 Å². The van der Waals surface area contributed by atoms with Crippen LogP contribution in [0.15, 0.2) is 12.2 Å². The number of hydrogen-bond acceptors (Lipinski definition) is 2. The molecule has 0 spiro atoms. The van der Waals surface area contributed by atoms with E-state index in [0.717, 1.165) is 0 Å². The second-order valence-electron chi connectivity index (χ2n) is 3.38. The molecule has 0 aliphatic carbocycles. The van der Waals surface area contributed by atoms with Gasteiger partial charge in [-0.3, -0.25) is 4.79 Å². The number of hydrogen-bond donors (Lipinski definition) is 1. The van der Waals surface area contributed by atoms with Crippen LogP contribution in [0.1, 0.15) is 20.3 Å². The van der Waals surface area contributed by atoms with E-state index in [1.807, 2.05) is 6.92 Å². The smallest absolute Gasteiger partial charge is 0.313 e. The highest BCUT2D eigenvalue weighted by atomic mass is 16.6. The molecule has 2 unspecified atom stereocenters. The lowest BCUT2D eigenvalue weighted by atomic mass is 9.85. The highest BCUT2D eigenvalue weighted by molar-refractivity contribution is 5.76. The maximum Gasteiger partial charge on any atom is 0.313 e. The second-order valence-corrected chi connectivity index (χ2v) is 3.38. The standard InChI is InChI=1S/C9H14O3/c1-3-4-9(2,8(10)11)5-7-6-12-7/h3-4,7H,5-6H2,1-2H3,(H,10,11). The molecular formula is C9H14O3. The predicted octanol–water partition coefficient (Wildman–Crippen LogP) is 1.44. The van der Waals surface area contributed by atoms with Crippen LogP contribution < -0.4 is 0 Å². The zero-order valence-electron chi connectivity index (χ0n) is 7.41. The summed E-state index contributed by atoms with van der Waals surface area (Å²) in [4.78, 5) is 10.9. The van der Waals surface area contributed by atoms with Crippen LogP contribution in [0.25, 0.3) is 0 Å². The van der Waals surface area contributed by atoms with E-state index in [1.54, 1.807) is 19.1 Å². The zero-order valence-corrected chi connectivity index (χ0v) is 7.41. The Kier molecular flexibility index (Phi) is 2.52. The number of allylic oxidation sites excluding steroid dienone is 1. The van der Waals surface area contributed by atoms with Crippen LogP contribution in [0.5, 0.6) is 0 Å². The molecule has 1 rings (SSSR count). The van der Waals surface area contributed by atoms with Crippen LogP contribution in [0.3, 0.4) is 0 Å². The molecule has 0 saturated carbocycles. The number of ether oxygens (including phenoxy) is 1. The number of carboxylic acid groups (broad SMARTS) is 1.